The van der Waals surface area contributed by atoms with E-state index in [0.717, 1.165) is 17.6 Å². The smallest absolute Gasteiger partial charge is 0.0702 e. The van der Waals surface area contributed by atoms with Gasteiger partial charge < -0.3 is 5.73 Å². The maximum Gasteiger partial charge on any atom is 0.0702 e. The van der Waals surface area contributed by atoms with Crippen molar-refractivity contribution in [3.05, 3.63) is 71.9 Å². The number of hydrogen-bond donors (Lipinski definition) is 1. The maximum absolute atomic E-state index is 5.79. The normalized spacial score (nSPS) is 10.7. The van der Waals surface area contributed by atoms with Gasteiger partial charge in [0.1, 0.15) is 0 Å². The molecule has 2 aromatic carbocycles. The summed E-state index contributed by atoms with van der Waals surface area (Å²) in [5, 5.41) is 1.18. The Bertz CT molecular complexity index is 689. The van der Waals surface area contributed by atoms with Gasteiger partial charge in [0, 0.05) is 17.3 Å². The molecule has 2 heteroatoms. The minimum atomic E-state index is 0.815. The molecular weight excluding hydrogens is 220 g/mol. The molecule has 0 amide bonds. The highest BCUT2D eigenvalue weighted by Crippen LogP contribution is 2.17. The van der Waals surface area contributed by atoms with Crippen LogP contribution in [0, 0.1) is 0 Å². The number of aromatic nitrogens is 1. The van der Waals surface area contributed by atoms with Crippen molar-refractivity contribution in [3.8, 4) is 0 Å². The number of anilines is 1. The Kier molecular flexibility index (Phi) is 2.69. The first-order valence-electron chi connectivity index (χ1n) is 5.99. The Labute approximate surface area is 106 Å². The zero-order valence-corrected chi connectivity index (χ0v) is 10.0. The monoisotopic (exact) mass is 234 g/mol. The van der Waals surface area contributed by atoms with E-state index in [9.17, 15) is 0 Å². The minimum Gasteiger partial charge on any atom is -0.399 e. The third kappa shape index (κ3) is 2.18. The standard InChI is InChI=1S/C16H14N2/c17-15-5-1-3-12(11-15)9-13-6-7-16-14(10-13)4-2-8-18-16/h1-8,10-11H,9,17H2. The van der Waals surface area contributed by atoms with E-state index in [1.165, 1.54) is 16.5 Å². The van der Waals surface area contributed by atoms with Crippen LogP contribution >= 0.6 is 0 Å². The molecule has 0 atom stereocenters. The van der Waals surface area contributed by atoms with Crippen molar-refractivity contribution in [2.45, 2.75) is 6.42 Å². The second kappa shape index (κ2) is 4.49. The largest absolute Gasteiger partial charge is 0.399 e. The molecule has 0 unspecified atom stereocenters. The molecule has 0 spiro atoms. The van der Waals surface area contributed by atoms with Crippen LogP contribution < -0.4 is 5.73 Å². The number of hydrogen-bond acceptors (Lipinski definition) is 2. The summed E-state index contributed by atoms with van der Waals surface area (Å²) in [4.78, 5) is 4.32. The summed E-state index contributed by atoms with van der Waals surface area (Å²) in [6, 6.07) is 18.5. The molecule has 0 aliphatic heterocycles. The van der Waals surface area contributed by atoms with Crippen LogP contribution in [0.5, 0.6) is 0 Å². The lowest BCUT2D eigenvalue weighted by Gasteiger charge is -2.04. The molecule has 18 heavy (non-hydrogen) atoms. The van der Waals surface area contributed by atoms with E-state index in [1.807, 2.05) is 30.5 Å². The molecule has 2 nitrogen and oxygen atoms in total. The van der Waals surface area contributed by atoms with Crippen molar-refractivity contribution in [1.29, 1.82) is 0 Å². The summed E-state index contributed by atoms with van der Waals surface area (Å²) >= 11 is 0. The molecule has 0 aliphatic rings. The summed E-state index contributed by atoms with van der Waals surface area (Å²) < 4.78 is 0. The molecule has 0 aliphatic carbocycles. The average molecular weight is 234 g/mol. The summed E-state index contributed by atoms with van der Waals surface area (Å²) in [7, 11) is 0. The third-order valence-electron chi connectivity index (χ3n) is 3.03. The van der Waals surface area contributed by atoms with E-state index in [4.69, 9.17) is 5.73 Å². The van der Waals surface area contributed by atoms with Crippen LogP contribution in [0.4, 0.5) is 5.69 Å². The molecule has 3 aromatic rings. The number of pyridine rings is 1. The van der Waals surface area contributed by atoms with E-state index >= 15 is 0 Å². The van der Waals surface area contributed by atoms with E-state index in [1.54, 1.807) is 0 Å². The van der Waals surface area contributed by atoms with Crippen LogP contribution in [0.3, 0.4) is 0 Å². The van der Waals surface area contributed by atoms with Crippen molar-refractivity contribution >= 4 is 16.6 Å². The number of benzene rings is 2. The van der Waals surface area contributed by atoms with Crippen LogP contribution in [-0.2, 0) is 6.42 Å². The molecule has 88 valence electrons. The molecule has 0 fully saturated rings. The van der Waals surface area contributed by atoms with Crippen molar-refractivity contribution in [3.63, 3.8) is 0 Å². The molecule has 0 bridgehead atoms. The maximum atomic E-state index is 5.79. The van der Waals surface area contributed by atoms with Gasteiger partial charge in [-0.15, -0.1) is 0 Å². The van der Waals surface area contributed by atoms with Crippen molar-refractivity contribution in [2.75, 3.05) is 5.73 Å². The molecule has 0 saturated heterocycles. The van der Waals surface area contributed by atoms with Gasteiger partial charge in [0.25, 0.3) is 0 Å². The third-order valence-corrected chi connectivity index (χ3v) is 3.03. The first-order chi connectivity index (χ1) is 8.81. The highest BCUT2D eigenvalue weighted by atomic mass is 14.6. The summed E-state index contributed by atoms with van der Waals surface area (Å²) in [6.45, 7) is 0. The topological polar surface area (TPSA) is 38.9 Å². The fourth-order valence-corrected chi connectivity index (χ4v) is 2.17. The van der Waals surface area contributed by atoms with E-state index < -0.39 is 0 Å². The Morgan fingerprint density at radius 2 is 1.78 bits per heavy atom. The molecule has 3 rings (SSSR count). The lowest BCUT2D eigenvalue weighted by molar-refractivity contribution is 1.20. The van der Waals surface area contributed by atoms with E-state index in [2.05, 4.69) is 35.3 Å². The van der Waals surface area contributed by atoms with E-state index in [0.29, 0.717) is 0 Å². The lowest BCUT2D eigenvalue weighted by Crippen LogP contribution is -1.91. The SMILES string of the molecule is Nc1cccc(Cc2ccc3ncccc3c2)c1. The van der Waals surface area contributed by atoms with E-state index in [-0.39, 0.29) is 0 Å². The predicted molar refractivity (Wildman–Crippen MR) is 75.4 cm³/mol. The number of nitrogens with two attached hydrogens (primary N) is 1. The zero-order chi connectivity index (χ0) is 12.4. The summed E-state index contributed by atoms with van der Waals surface area (Å²) in [5.41, 5.74) is 10.2. The number of nitrogen functional groups attached to an aromatic ring is 1. The minimum absolute atomic E-state index is 0.815. The van der Waals surface area contributed by atoms with Crippen LogP contribution in [-0.4, -0.2) is 4.98 Å². The van der Waals surface area contributed by atoms with Crippen molar-refractivity contribution in [1.82, 2.24) is 4.98 Å². The Morgan fingerprint density at radius 3 is 2.67 bits per heavy atom. The van der Waals surface area contributed by atoms with Gasteiger partial charge in [-0.25, -0.2) is 0 Å². The van der Waals surface area contributed by atoms with Gasteiger partial charge in [-0.1, -0.05) is 24.3 Å². The molecule has 0 saturated carbocycles. The quantitative estimate of drug-likeness (QED) is 0.690. The number of rotatable bonds is 2. The van der Waals surface area contributed by atoms with Gasteiger partial charge in [0.05, 0.1) is 5.52 Å². The number of nitrogens with zero attached hydrogens (tertiary/aromatic N) is 1. The van der Waals surface area contributed by atoms with Gasteiger partial charge in [-0.2, -0.15) is 0 Å². The predicted octanol–water partition coefficient (Wildman–Crippen LogP) is 3.41. The fourth-order valence-electron chi connectivity index (χ4n) is 2.17. The van der Waals surface area contributed by atoms with Crippen LogP contribution in [0.15, 0.2) is 60.8 Å². The summed E-state index contributed by atoms with van der Waals surface area (Å²) in [6.07, 6.45) is 2.72. The van der Waals surface area contributed by atoms with Gasteiger partial charge >= 0.3 is 0 Å². The lowest BCUT2D eigenvalue weighted by atomic mass is 10.0. The zero-order valence-electron chi connectivity index (χ0n) is 10.0. The van der Waals surface area contributed by atoms with Crippen LogP contribution in [0.25, 0.3) is 10.9 Å². The molecular formula is C16H14N2. The van der Waals surface area contributed by atoms with Gasteiger partial charge in [0.2, 0.25) is 0 Å². The second-order valence-corrected chi connectivity index (χ2v) is 4.45. The fraction of sp³-hybridized carbons (Fsp3) is 0.0625. The van der Waals surface area contributed by atoms with Crippen molar-refractivity contribution in [2.24, 2.45) is 0 Å². The Morgan fingerprint density at radius 1 is 0.889 bits per heavy atom. The summed E-state index contributed by atoms with van der Waals surface area (Å²) in [5.74, 6) is 0. The molecule has 1 aromatic heterocycles. The highest BCUT2D eigenvalue weighted by Gasteiger charge is 1.99. The van der Waals surface area contributed by atoms with Gasteiger partial charge in [0.15, 0.2) is 0 Å². The molecule has 2 N–H and O–H groups in total. The average Bonchev–Trinajstić information content (AvgIpc) is 2.39. The first-order valence-corrected chi connectivity index (χ1v) is 5.99. The Hall–Kier alpha value is -2.35. The van der Waals surface area contributed by atoms with Gasteiger partial charge in [-0.05, 0) is 47.9 Å². The Balaban J connectivity index is 1.95. The van der Waals surface area contributed by atoms with Crippen molar-refractivity contribution < 1.29 is 0 Å². The second-order valence-electron chi connectivity index (χ2n) is 4.45. The highest BCUT2D eigenvalue weighted by molar-refractivity contribution is 5.79. The molecule has 0 radical (unpaired) electrons. The van der Waals surface area contributed by atoms with Gasteiger partial charge in [-0.3, -0.25) is 4.98 Å². The first kappa shape index (κ1) is 10.8. The van der Waals surface area contributed by atoms with Crippen LogP contribution in [0.2, 0.25) is 0 Å². The molecule has 1 heterocycles. The van der Waals surface area contributed by atoms with Crippen LogP contribution in [0.1, 0.15) is 11.1 Å². The number of fused-ring (bicyclic) bond motifs is 1.